The first-order chi connectivity index (χ1) is 11.5. The molecule has 0 radical (unpaired) electrons. The van der Waals surface area contributed by atoms with E-state index in [0.29, 0.717) is 0 Å². The van der Waals surface area contributed by atoms with Crippen LogP contribution < -0.4 is 10.6 Å². The highest BCUT2D eigenvalue weighted by Gasteiger charge is 2.35. The Morgan fingerprint density at radius 3 is 2.40 bits per heavy atom. The Morgan fingerprint density at radius 1 is 1.32 bits per heavy atom. The molecule has 25 heavy (non-hydrogen) atoms. The number of nitrogens with zero attached hydrogens (tertiary/aromatic N) is 1. The summed E-state index contributed by atoms with van der Waals surface area (Å²) in [5.41, 5.74) is -1.21. The van der Waals surface area contributed by atoms with Crippen LogP contribution in [0.15, 0.2) is 0 Å². The van der Waals surface area contributed by atoms with E-state index in [2.05, 4.69) is 15.5 Å². The van der Waals surface area contributed by atoms with E-state index in [1.54, 1.807) is 20.9 Å². The van der Waals surface area contributed by atoms with Crippen LogP contribution in [0.3, 0.4) is 0 Å². The normalized spacial score (nSPS) is 13.5. The summed E-state index contributed by atoms with van der Waals surface area (Å²) in [6.07, 6.45) is 0. The van der Waals surface area contributed by atoms with Crippen LogP contribution in [-0.2, 0) is 24.0 Å². The molecular formula is C14H26N3O7S+. The van der Waals surface area contributed by atoms with Crippen LogP contribution in [0.4, 0.5) is 0 Å². The molecule has 0 saturated carbocycles. The molecule has 3 N–H and O–H groups in total. The van der Waals surface area contributed by atoms with Crippen molar-refractivity contribution in [3.63, 3.8) is 0 Å². The minimum atomic E-state index is -1.21. The molecule has 0 saturated heterocycles. The average Bonchev–Trinajstić information content (AvgIpc) is 2.55. The predicted molar refractivity (Wildman–Crippen MR) is 89.7 cm³/mol. The van der Waals surface area contributed by atoms with Crippen LogP contribution >= 0.6 is 11.8 Å². The van der Waals surface area contributed by atoms with Gasteiger partial charge >= 0.3 is 11.1 Å². The van der Waals surface area contributed by atoms with Crippen LogP contribution in [0.25, 0.3) is 0 Å². The Bertz CT molecular complexity index is 499. The van der Waals surface area contributed by atoms with Crippen molar-refractivity contribution in [1.82, 2.24) is 10.6 Å². The highest BCUT2D eigenvalue weighted by Crippen LogP contribution is 2.17. The minimum absolute atomic E-state index is 0.0000440. The molecule has 0 spiro atoms. The van der Waals surface area contributed by atoms with Crippen molar-refractivity contribution >= 4 is 28.8 Å². The molecule has 11 heteroatoms. The summed E-state index contributed by atoms with van der Waals surface area (Å²) >= 11 is 0.896. The third-order valence-corrected chi connectivity index (χ3v) is 4.34. The van der Waals surface area contributed by atoms with E-state index >= 15 is 0 Å². The zero-order valence-corrected chi connectivity index (χ0v) is 15.8. The van der Waals surface area contributed by atoms with Crippen molar-refractivity contribution in [3.8, 4) is 0 Å². The molecule has 0 heterocycles. The first-order valence-corrected chi connectivity index (χ1v) is 8.64. The number of likely N-dealkylation sites (N-methyl/N-ethyl adjacent to an activating group) is 1. The molecule has 0 aliphatic heterocycles. The summed E-state index contributed by atoms with van der Waals surface area (Å²) in [5.74, 6) is -1.26. The van der Waals surface area contributed by atoms with Gasteiger partial charge in [0, 0.05) is 5.75 Å². The molecule has 0 bridgehead atoms. The van der Waals surface area contributed by atoms with E-state index in [0.717, 1.165) is 11.8 Å². The summed E-state index contributed by atoms with van der Waals surface area (Å²) in [6, 6.07) is -1.44. The number of hydrogen-bond acceptors (Lipinski definition) is 8. The zero-order valence-electron chi connectivity index (χ0n) is 15.0. The Balaban J connectivity index is 4.93. The van der Waals surface area contributed by atoms with E-state index < -0.39 is 41.1 Å². The second-order valence-electron chi connectivity index (χ2n) is 5.81. The van der Waals surface area contributed by atoms with Gasteiger partial charge in [-0.25, -0.2) is 10.0 Å². The van der Waals surface area contributed by atoms with Crippen molar-refractivity contribution in [2.24, 2.45) is 5.41 Å². The summed E-state index contributed by atoms with van der Waals surface area (Å²) in [7, 11) is 1.64. The number of hydrogen-bond donors (Lipinski definition) is 3. The Labute approximate surface area is 150 Å². The lowest BCUT2D eigenvalue weighted by Crippen LogP contribution is -2.50. The number of carbonyl (C=O) groups is 3. The number of amides is 1. The maximum atomic E-state index is 12.3. The fraction of sp³-hybridized carbons (Fsp3) is 0.786. The van der Waals surface area contributed by atoms with E-state index in [1.165, 1.54) is 13.8 Å². The molecule has 0 aromatic rings. The number of carbonyl (C=O) groups excluding carboxylic acids is 3. The van der Waals surface area contributed by atoms with E-state index in [9.17, 15) is 19.3 Å². The quantitative estimate of drug-likeness (QED) is 0.335. The van der Waals surface area contributed by atoms with Gasteiger partial charge in [0.1, 0.15) is 10.9 Å². The lowest BCUT2D eigenvalue weighted by Gasteiger charge is -2.24. The highest BCUT2D eigenvalue weighted by atomic mass is 32.2. The number of rotatable bonds is 11. The third-order valence-electron chi connectivity index (χ3n) is 3.21. The van der Waals surface area contributed by atoms with Gasteiger partial charge < -0.3 is 15.4 Å². The minimum Gasteiger partial charge on any atom is -0.464 e. The van der Waals surface area contributed by atoms with Crippen LogP contribution in [-0.4, -0.2) is 65.4 Å². The Hall–Kier alpha value is -1.88. The first kappa shape index (κ1) is 23.1. The topological polar surface area (TPSA) is 134 Å². The van der Waals surface area contributed by atoms with Crippen molar-refractivity contribution in [1.29, 1.82) is 0 Å². The van der Waals surface area contributed by atoms with Crippen molar-refractivity contribution in [2.75, 3.05) is 26.0 Å². The van der Waals surface area contributed by atoms with E-state index in [-0.39, 0.29) is 17.5 Å². The standard InChI is InChI=1S/C14H25N3O7S/c1-6-23-11(18)10(7-25-12(19)9(2)15-5)16-13(20)14(3,4)8-24-17(21)22/h9-10,15H,6-8H2,1-5H3,(H-,16,20,21,22)/p+1. The average molecular weight is 380 g/mol. The fourth-order valence-corrected chi connectivity index (χ4v) is 2.37. The molecule has 1 amide bonds. The van der Waals surface area contributed by atoms with Crippen molar-refractivity contribution in [3.05, 3.63) is 4.91 Å². The molecule has 2 unspecified atom stereocenters. The van der Waals surface area contributed by atoms with E-state index in [4.69, 9.17) is 9.94 Å². The maximum Gasteiger partial charge on any atom is 0.475 e. The second kappa shape index (κ2) is 10.9. The number of ether oxygens (including phenoxy) is 1. The SMILES string of the molecule is CCOC(=O)C(CSC(=O)C(C)NC)NC(=O)C(C)(C)CO[N+](=O)O. The van der Waals surface area contributed by atoms with Gasteiger partial charge in [-0.3, -0.25) is 9.59 Å². The summed E-state index contributed by atoms with van der Waals surface area (Å²) in [5, 5.41) is 12.8. The van der Waals surface area contributed by atoms with Crippen LogP contribution in [0.5, 0.6) is 0 Å². The summed E-state index contributed by atoms with van der Waals surface area (Å²) in [6.45, 7) is 5.96. The largest absolute Gasteiger partial charge is 0.475 e. The third kappa shape index (κ3) is 8.68. The van der Waals surface area contributed by atoms with Gasteiger partial charge in [0.05, 0.1) is 18.1 Å². The summed E-state index contributed by atoms with van der Waals surface area (Å²) < 4.78 is 4.91. The van der Waals surface area contributed by atoms with Crippen molar-refractivity contribution < 1.29 is 34.3 Å². The van der Waals surface area contributed by atoms with Gasteiger partial charge in [0.25, 0.3) is 0 Å². The molecule has 10 nitrogen and oxygen atoms in total. The Morgan fingerprint density at radius 2 is 1.92 bits per heavy atom. The molecule has 0 aromatic carbocycles. The van der Waals surface area contributed by atoms with Crippen LogP contribution in [0.2, 0.25) is 0 Å². The number of nitrogens with one attached hydrogen (secondary N) is 2. The monoisotopic (exact) mass is 380 g/mol. The predicted octanol–water partition coefficient (Wildman–Crippen LogP) is 0.0279. The molecule has 0 rings (SSSR count). The van der Waals surface area contributed by atoms with E-state index in [1.807, 2.05) is 0 Å². The maximum absolute atomic E-state index is 12.3. The molecule has 0 aromatic heterocycles. The lowest BCUT2D eigenvalue weighted by molar-refractivity contribution is -0.976. The van der Waals surface area contributed by atoms with Crippen LogP contribution in [0.1, 0.15) is 27.7 Å². The van der Waals surface area contributed by atoms with Gasteiger partial charge in [0.15, 0.2) is 6.61 Å². The number of esters is 1. The Kier molecular flexibility index (Phi) is 10.1. The number of thioether (sulfide) groups is 1. The molecular weight excluding hydrogens is 354 g/mol. The molecule has 0 fully saturated rings. The summed E-state index contributed by atoms with van der Waals surface area (Å²) in [4.78, 5) is 51.0. The molecule has 0 aliphatic carbocycles. The first-order valence-electron chi connectivity index (χ1n) is 7.65. The van der Waals surface area contributed by atoms with Gasteiger partial charge in [0.2, 0.25) is 11.0 Å². The van der Waals surface area contributed by atoms with Gasteiger partial charge in [-0.1, -0.05) is 11.8 Å². The van der Waals surface area contributed by atoms with Crippen LogP contribution in [0, 0.1) is 10.3 Å². The highest BCUT2D eigenvalue weighted by molar-refractivity contribution is 8.13. The van der Waals surface area contributed by atoms with Gasteiger partial charge in [-0.05, 0) is 34.7 Å². The molecule has 0 aliphatic rings. The van der Waals surface area contributed by atoms with Gasteiger partial charge in [-0.15, -0.1) is 0 Å². The smallest absolute Gasteiger partial charge is 0.464 e. The zero-order chi connectivity index (χ0) is 19.6. The second-order valence-corrected chi connectivity index (χ2v) is 6.84. The lowest BCUT2D eigenvalue weighted by atomic mass is 9.93. The fourth-order valence-electron chi connectivity index (χ4n) is 1.46. The van der Waals surface area contributed by atoms with Crippen molar-refractivity contribution in [2.45, 2.75) is 39.8 Å². The van der Waals surface area contributed by atoms with Gasteiger partial charge in [-0.2, -0.15) is 4.84 Å². The molecule has 144 valence electrons. The molecule has 2 atom stereocenters.